The highest BCUT2D eigenvalue weighted by Gasteiger charge is 2.27. The molecule has 2 heterocycles. The van der Waals surface area contributed by atoms with Gasteiger partial charge in [-0.15, -0.1) is 11.3 Å². The molecule has 28 heavy (non-hydrogen) atoms. The molecular weight excluding hydrogens is 374 g/mol. The molecule has 0 radical (unpaired) electrons. The smallest absolute Gasteiger partial charge is 0.410 e. The standard InChI is InChI=1S/C20H35N5O2S/c1-15-24-17(14-28-15)9-11-23-18(21-5)22-10-8-16-7-6-12-25(13-16)19(26)27-20(2,3)4/h14,16H,6-13H2,1-5H3,(H2,21,22,23). The van der Waals surface area contributed by atoms with Gasteiger partial charge in [-0.1, -0.05) is 0 Å². The number of ether oxygens (including phenoxy) is 1. The number of nitrogens with one attached hydrogen (secondary N) is 2. The molecule has 1 unspecified atom stereocenters. The zero-order chi connectivity index (χ0) is 20.6. The predicted molar refractivity (Wildman–Crippen MR) is 115 cm³/mol. The van der Waals surface area contributed by atoms with Crippen molar-refractivity contribution in [2.75, 3.05) is 33.2 Å². The number of thiazole rings is 1. The van der Waals surface area contributed by atoms with Crippen LogP contribution in [0.5, 0.6) is 0 Å². The summed E-state index contributed by atoms with van der Waals surface area (Å²) in [6, 6.07) is 0. The number of nitrogens with zero attached hydrogens (tertiary/aromatic N) is 3. The Morgan fingerprint density at radius 3 is 2.79 bits per heavy atom. The van der Waals surface area contributed by atoms with Gasteiger partial charge in [0, 0.05) is 45.0 Å². The Morgan fingerprint density at radius 2 is 2.14 bits per heavy atom. The number of aliphatic imine (C=N–C) groups is 1. The first-order valence-electron chi connectivity index (χ1n) is 10.1. The molecule has 1 aromatic heterocycles. The van der Waals surface area contributed by atoms with Gasteiger partial charge in [0.15, 0.2) is 5.96 Å². The molecule has 0 spiro atoms. The number of aromatic nitrogens is 1. The SMILES string of the molecule is CN=C(NCCc1csc(C)n1)NCCC1CCCN(C(=O)OC(C)(C)C)C1. The summed E-state index contributed by atoms with van der Waals surface area (Å²) in [6.45, 7) is 10.9. The molecular formula is C20H35N5O2S. The van der Waals surface area contributed by atoms with Crippen LogP contribution >= 0.6 is 11.3 Å². The second-order valence-corrected chi connectivity index (χ2v) is 9.32. The van der Waals surface area contributed by atoms with Crippen LogP contribution in [0.2, 0.25) is 0 Å². The summed E-state index contributed by atoms with van der Waals surface area (Å²) >= 11 is 1.68. The van der Waals surface area contributed by atoms with E-state index >= 15 is 0 Å². The van der Waals surface area contributed by atoms with Crippen molar-refractivity contribution in [3.63, 3.8) is 0 Å². The average molecular weight is 410 g/mol. The summed E-state index contributed by atoms with van der Waals surface area (Å²) in [7, 11) is 1.78. The number of hydrogen-bond acceptors (Lipinski definition) is 5. The molecule has 8 heteroatoms. The Hall–Kier alpha value is -1.83. The van der Waals surface area contributed by atoms with Crippen molar-refractivity contribution >= 4 is 23.4 Å². The lowest BCUT2D eigenvalue weighted by molar-refractivity contribution is 0.0162. The molecule has 1 fully saturated rings. The third kappa shape index (κ3) is 8.04. The Morgan fingerprint density at radius 1 is 1.39 bits per heavy atom. The van der Waals surface area contributed by atoms with Gasteiger partial charge in [0.1, 0.15) is 5.60 Å². The number of guanidine groups is 1. The molecule has 1 atom stereocenters. The van der Waals surface area contributed by atoms with Crippen LogP contribution in [0.15, 0.2) is 10.4 Å². The Bertz CT molecular complexity index is 653. The second-order valence-electron chi connectivity index (χ2n) is 8.26. The van der Waals surface area contributed by atoms with Gasteiger partial charge in [-0.3, -0.25) is 4.99 Å². The van der Waals surface area contributed by atoms with Crippen molar-refractivity contribution in [1.29, 1.82) is 0 Å². The lowest BCUT2D eigenvalue weighted by atomic mass is 9.95. The maximum atomic E-state index is 12.3. The Kier molecular flexibility index (Phi) is 8.54. The fraction of sp³-hybridized carbons (Fsp3) is 0.750. The number of rotatable bonds is 6. The van der Waals surface area contributed by atoms with Crippen molar-refractivity contribution in [2.45, 2.75) is 59.0 Å². The third-order valence-electron chi connectivity index (χ3n) is 4.58. The summed E-state index contributed by atoms with van der Waals surface area (Å²) < 4.78 is 5.51. The fourth-order valence-electron chi connectivity index (χ4n) is 3.24. The van der Waals surface area contributed by atoms with Gasteiger partial charge < -0.3 is 20.3 Å². The average Bonchev–Trinajstić information content (AvgIpc) is 3.04. The molecule has 1 aromatic rings. The van der Waals surface area contributed by atoms with E-state index in [1.54, 1.807) is 18.4 Å². The van der Waals surface area contributed by atoms with Crippen molar-refractivity contribution in [2.24, 2.45) is 10.9 Å². The Labute approximate surface area is 173 Å². The lowest BCUT2D eigenvalue weighted by Gasteiger charge is -2.34. The number of hydrogen-bond donors (Lipinski definition) is 2. The number of carbonyl (C=O) groups is 1. The first-order valence-corrected chi connectivity index (χ1v) is 11.0. The van der Waals surface area contributed by atoms with Crippen LogP contribution in [-0.2, 0) is 11.2 Å². The van der Waals surface area contributed by atoms with E-state index in [0.717, 1.165) is 68.5 Å². The van der Waals surface area contributed by atoms with Crippen LogP contribution < -0.4 is 10.6 Å². The van der Waals surface area contributed by atoms with Crippen LogP contribution in [0.25, 0.3) is 0 Å². The quantitative estimate of drug-likeness (QED) is 0.557. The molecule has 0 aromatic carbocycles. The van der Waals surface area contributed by atoms with E-state index < -0.39 is 5.60 Å². The van der Waals surface area contributed by atoms with Gasteiger partial charge in [0.05, 0.1) is 10.7 Å². The molecule has 0 saturated carbocycles. The molecule has 0 bridgehead atoms. The fourth-order valence-corrected chi connectivity index (χ4v) is 3.89. The Balaban J connectivity index is 1.67. The molecule has 1 aliphatic heterocycles. The summed E-state index contributed by atoms with van der Waals surface area (Å²) in [5, 5.41) is 9.92. The van der Waals surface area contributed by atoms with E-state index in [4.69, 9.17) is 4.74 Å². The topological polar surface area (TPSA) is 78.9 Å². The minimum absolute atomic E-state index is 0.195. The molecule has 2 rings (SSSR count). The number of aryl methyl sites for hydroxylation is 1. The third-order valence-corrected chi connectivity index (χ3v) is 5.40. The second kappa shape index (κ2) is 10.6. The molecule has 158 valence electrons. The zero-order valence-corrected chi connectivity index (χ0v) is 18.7. The van der Waals surface area contributed by atoms with Gasteiger partial charge in [-0.05, 0) is 52.9 Å². The number of piperidine rings is 1. The normalized spacial score (nSPS) is 18.1. The van der Waals surface area contributed by atoms with Crippen LogP contribution in [0, 0.1) is 12.8 Å². The van der Waals surface area contributed by atoms with Gasteiger partial charge in [0.25, 0.3) is 0 Å². The monoisotopic (exact) mass is 409 g/mol. The summed E-state index contributed by atoms with van der Waals surface area (Å²) in [5.41, 5.74) is 0.677. The van der Waals surface area contributed by atoms with E-state index in [-0.39, 0.29) is 6.09 Å². The van der Waals surface area contributed by atoms with E-state index in [2.05, 4.69) is 26.0 Å². The summed E-state index contributed by atoms with van der Waals surface area (Å²) in [6.07, 6.45) is 3.88. The van der Waals surface area contributed by atoms with Crippen molar-refractivity contribution in [1.82, 2.24) is 20.5 Å². The first kappa shape index (κ1) is 22.5. The predicted octanol–water partition coefficient (Wildman–Crippen LogP) is 3.20. The van der Waals surface area contributed by atoms with Gasteiger partial charge in [0.2, 0.25) is 0 Å². The van der Waals surface area contributed by atoms with E-state index in [9.17, 15) is 4.79 Å². The molecule has 1 amide bonds. The van der Waals surface area contributed by atoms with E-state index in [0.29, 0.717) is 5.92 Å². The van der Waals surface area contributed by atoms with Crippen molar-refractivity contribution < 1.29 is 9.53 Å². The maximum Gasteiger partial charge on any atom is 0.410 e. The largest absolute Gasteiger partial charge is 0.444 e. The lowest BCUT2D eigenvalue weighted by Crippen LogP contribution is -2.44. The van der Waals surface area contributed by atoms with E-state index in [1.807, 2.05) is 32.6 Å². The van der Waals surface area contributed by atoms with Gasteiger partial charge in [-0.2, -0.15) is 0 Å². The van der Waals surface area contributed by atoms with Crippen LogP contribution in [0.1, 0.15) is 50.7 Å². The van der Waals surface area contributed by atoms with E-state index in [1.165, 1.54) is 0 Å². The number of amides is 1. The highest BCUT2D eigenvalue weighted by molar-refractivity contribution is 7.09. The van der Waals surface area contributed by atoms with Gasteiger partial charge in [-0.25, -0.2) is 9.78 Å². The highest BCUT2D eigenvalue weighted by Crippen LogP contribution is 2.21. The number of carbonyl (C=O) groups excluding carboxylic acids is 1. The molecule has 7 nitrogen and oxygen atoms in total. The molecule has 0 aliphatic carbocycles. The van der Waals surface area contributed by atoms with Crippen LogP contribution in [0.4, 0.5) is 4.79 Å². The molecule has 2 N–H and O–H groups in total. The van der Waals surface area contributed by atoms with Crippen LogP contribution in [0.3, 0.4) is 0 Å². The van der Waals surface area contributed by atoms with Crippen LogP contribution in [-0.4, -0.2) is 60.8 Å². The van der Waals surface area contributed by atoms with Crippen molar-refractivity contribution in [3.8, 4) is 0 Å². The van der Waals surface area contributed by atoms with Gasteiger partial charge >= 0.3 is 6.09 Å². The minimum Gasteiger partial charge on any atom is -0.444 e. The summed E-state index contributed by atoms with van der Waals surface area (Å²) in [5.74, 6) is 1.30. The minimum atomic E-state index is -0.443. The number of likely N-dealkylation sites (tertiary alicyclic amines) is 1. The highest BCUT2D eigenvalue weighted by atomic mass is 32.1. The first-order chi connectivity index (χ1) is 13.3. The maximum absolute atomic E-state index is 12.3. The molecule has 1 aliphatic rings. The molecule has 1 saturated heterocycles. The zero-order valence-electron chi connectivity index (χ0n) is 17.9. The summed E-state index contributed by atoms with van der Waals surface area (Å²) in [4.78, 5) is 22.9. The van der Waals surface area contributed by atoms with Crippen molar-refractivity contribution in [3.05, 3.63) is 16.1 Å².